The Hall–Kier alpha value is -2.29. The van der Waals surface area contributed by atoms with E-state index in [1.165, 1.54) is 11.1 Å². The molecule has 0 aliphatic carbocycles. The molecule has 1 unspecified atom stereocenters. The fraction of sp³-hybridized carbons (Fsp3) is 0.381. The third-order valence-electron chi connectivity index (χ3n) is 4.13. The van der Waals surface area contributed by atoms with Crippen LogP contribution in [-0.2, 0) is 4.79 Å². The lowest BCUT2D eigenvalue weighted by Gasteiger charge is -2.18. The SMILES string of the molecule is CCCCOc1ccc(C(CCCC(=O)O)c2ccccc2)cc1. The van der Waals surface area contributed by atoms with E-state index in [9.17, 15) is 4.79 Å². The minimum absolute atomic E-state index is 0.210. The Labute approximate surface area is 144 Å². The third kappa shape index (κ3) is 5.73. The number of carboxylic acids is 1. The van der Waals surface area contributed by atoms with E-state index in [1.54, 1.807) is 0 Å². The van der Waals surface area contributed by atoms with Crippen LogP contribution in [0.25, 0.3) is 0 Å². The van der Waals surface area contributed by atoms with E-state index in [0.29, 0.717) is 6.42 Å². The zero-order valence-corrected chi connectivity index (χ0v) is 14.3. The van der Waals surface area contributed by atoms with Crippen LogP contribution in [-0.4, -0.2) is 17.7 Å². The Bertz CT molecular complexity index is 605. The van der Waals surface area contributed by atoms with Crippen LogP contribution in [0.1, 0.15) is 56.1 Å². The molecule has 1 N–H and O–H groups in total. The lowest BCUT2D eigenvalue weighted by atomic mass is 9.87. The fourth-order valence-corrected chi connectivity index (χ4v) is 2.80. The summed E-state index contributed by atoms with van der Waals surface area (Å²) in [5, 5.41) is 8.89. The van der Waals surface area contributed by atoms with Gasteiger partial charge in [0.15, 0.2) is 0 Å². The average molecular weight is 326 g/mol. The fourth-order valence-electron chi connectivity index (χ4n) is 2.80. The van der Waals surface area contributed by atoms with Crippen molar-refractivity contribution in [1.82, 2.24) is 0 Å². The molecule has 3 heteroatoms. The molecule has 0 bridgehead atoms. The van der Waals surface area contributed by atoms with Gasteiger partial charge in [-0.25, -0.2) is 0 Å². The van der Waals surface area contributed by atoms with Crippen molar-refractivity contribution in [3.63, 3.8) is 0 Å². The molecule has 0 radical (unpaired) electrons. The number of carbonyl (C=O) groups is 1. The molecule has 128 valence electrons. The Balaban J connectivity index is 2.09. The Morgan fingerprint density at radius 2 is 1.67 bits per heavy atom. The van der Waals surface area contributed by atoms with Crippen LogP contribution in [0.5, 0.6) is 5.75 Å². The van der Waals surface area contributed by atoms with Crippen molar-refractivity contribution in [2.24, 2.45) is 0 Å². The van der Waals surface area contributed by atoms with Crippen LogP contribution < -0.4 is 4.74 Å². The van der Waals surface area contributed by atoms with Gasteiger partial charge in [0.2, 0.25) is 0 Å². The minimum atomic E-state index is -0.735. The van der Waals surface area contributed by atoms with Crippen molar-refractivity contribution in [1.29, 1.82) is 0 Å². The highest BCUT2D eigenvalue weighted by Gasteiger charge is 2.14. The van der Waals surface area contributed by atoms with Gasteiger partial charge in [0.05, 0.1) is 6.61 Å². The van der Waals surface area contributed by atoms with Gasteiger partial charge in [0.1, 0.15) is 5.75 Å². The second kappa shape index (κ2) is 9.76. The molecule has 0 fully saturated rings. The number of carboxylic acid groups (broad SMARTS) is 1. The Morgan fingerprint density at radius 3 is 2.29 bits per heavy atom. The first-order valence-corrected chi connectivity index (χ1v) is 8.70. The van der Waals surface area contributed by atoms with Gasteiger partial charge >= 0.3 is 5.97 Å². The number of unbranched alkanes of at least 4 members (excludes halogenated alkanes) is 1. The van der Waals surface area contributed by atoms with Gasteiger partial charge in [0.25, 0.3) is 0 Å². The number of aliphatic carboxylic acids is 1. The molecule has 3 nitrogen and oxygen atoms in total. The lowest BCUT2D eigenvalue weighted by molar-refractivity contribution is -0.137. The van der Waals surface area contributed by atoms with Gasteiger partial charge in [-0.2, -0.15) is 0 Å². The van der Waals surface area contributed by atoms with Crippen molar-refractivity contribution >= 4 is 5.97 Å². The van der Waals surface area contributed by atoms with Gasteiger partial charge in [-0.1, -0.05) is 55.8 Å². The first-order chi connectivity index (χ1) is 11.7. The van der Waals surface area contributed by atoms with Gasteiger partial charge in [-0.3, -0.25) is 4.79 Å². The summed E-state index contributed by atoms with van der Waals surface area (Å²) in [4.78, 5) is 10.8. The van der Waals surface area contributed by atoms with Gasteiger partial charge in [-0.15, -0.1) is 0 Å². The predicted octanol–water partition coefficient (Wildman–Crippen LogP) is 5.25. The zero-order valence-electron chi connectivity index (χ0n) is 14.3. The number of hydrogen-bond acceptors (Lipinski definition) is 2. The van der Waals surface area contributed by atoms with Gasteiger partial charge in [0, 0.05) is 12.3 Å². The molecule has 0 aliphatic rings. The van der Waals surface area contributed by atoms with Gasteiger partial charge in [-0.05, 0) is 42.5 Å². The van der Waals surface area contributed by atoms with E-state index in [0.717, 1.165) is 31.6 Å². The molecule has 0 aromatic heterocycles. The standard InChI is InChI=1S/C21H26O3/c1-2-3-16-24-19-14-12-18(13-15-19)20(10-7-11-21(22)23)17-8-5-4-6-9-17/h4-6,8-9,12-15,20H,2-3,7,10-11,16H2,1H3,(H,22,23). The lowest BCUT2D eigenvalue weighted by Crippen LogP contribution is -2.04. The minimum Gasteiger partial charge on any atom is -0.494 e. The van der Waals surface area contributed by atoms with E-state index in [-0.39, 0.29) is 12.3 Å². The summed E-state index contributed by atoms with van der Waals surface area (Å²) >= 11 is 0. The Kier molecular flexibility index (Phi) is 7.34. The summed E-state index contributed by atoms with van der Waals surface area (Å²) in [6.07, 6.45) is 3.89. The molecule has 24 heavy (non-hydrogen) atoms. The van der Waals surface area contributed by atoms with Crippen LogP contribution in [0.4, 0.5) is 0 Å². The number of ether oxygens (including phenoxy) is 1. The highest BCUT2D eigenvalue weighted by molar-refractivity contribution is 5.66. The van der Waals surface area contributed by atoms with E-state index in [4.69, 9.17) is 9.84 Å². The summed E-state index contributed by atoms with van der Waals surface area (Å²) < 4.78 is 5.72. The first kappa shape index (κ1) is 18.1. The number of benzene rings is 2. The quantitative estimate of drug-likeness (QED) is 0.606. The maximum atomic E-state index is 10.8. The molecular formula is C21H26O3. The number of hydrogen-bond donors (Lipinski definition) is 1. The zero-order chi connectivity index (χ0) is 17.2. The van der Waals surface area contributed by atoms with Crippen molar-refractivity contribution in [2.45, 2.75) is 44.9 Å². The smallest absolute Gasteiger partial charge is 0.303 e. The van der Waals surface area contributed by atoms with Crippen molar-refractivity contribution in [2.75, 3.05) is 6.61 Å². The summed E-state index contributed by atoms with van der Waals surface area (Å²) in [6, 6.07) is 18.5. The molecule has 2 rings (SSSR count). The first-order valence-electron chi connectivity index (χ1n) is 8.70. The molecule has 0 aliphatic heterocycles. The van der Waals surface area contributed by atoms with E-state index in [2.05, 4.69) is 31.2 Å². The molecule has 0 amide bonds. The summed E-state index contributed by atoms with van der Waals surface area (Å²) in [5.74, 6) is 0.376. The second-order valence-electron chi connectivity index (χ2n) is 6.02. The van der Waals surface area contributed by atoms with Crippen molar-refractivity contribution in [3.8, 4) is 5.75 Å². The summed E-state index contributed by atoms with van der Waals surface area (Å²) in [6.45, 7) is 2.89. The predicted molar refractivity (Wildman–Crippen MR) is 96.6 cm³/mol. The second-order valence-corrected chi connectivity index (χ2v) is 6.02. The van der Waals surface area contributed by atoms with Crippen molar-refractivity contribution in [3.05, 3.63) is 65.7 Å². The molecule has 0 spiro atoms. The summed E-state index contributed by atoms with van der Waals surface area (Å²) in [5.41, 5.74) is 2.43. The molecule has 0 heterocycles. The summed E-state index contributed by atoms with van der Waals surface area (Å²) in [7, 11) is 0. The monoisotopic (exact) mass is 326 g/mol. The van der Waals surface area contributed by atoms with Crippen LogP contribution in [0.2, 0.25) is 0 Å². The molecule has 1 atom stereocenters. The molecule has 2 aromatic carbocycles. The molecule has 0 saturated carbocycles. The van der Waals surface area contributed by atoms with Crippen LogP contribution in [0.3, 0.4) is 0 Å². The van der Waals surface area contributed by atoms with Crippen LogP contribution in [0, 0.1) is 0 Å². The van der Waals surface area contributed by atoms with Crippen LogP contribution in [0.15, 0.2) is 54.6 Å². The maximum absolute atomic E-state index is 10.8. The third-order valence-corrected chi connectivity index (χ3v) is 4.13. The molecule has 2 aromatic rings. The normalized spacial score (nSPS) is 11.9. The van der Waals surface area contributed by atoms with E-state index >= 15 is 0 Å². The molecular weight excluding hydrogens is 300 g/mol. The highest BCUT2D eigenvalue weighted by atomic mass is 16.5. The maximum Gasteiger partial charge on any atom is 0.303 e. The Morgan fingerprint density at radius 1 is 1.00 bits per heavy atom. The average Bonchev–Trinajstić information content (AvgIpc) is 2.60. The van der Waals surface area contributed by atoms with E-state index < -0.39 is 5.97 Å². The highest BCUT2D eigenvalue weighted by Crippen LogP contribution is 2.30. The van der Waals surface area contributed by atoms with Crippen molar-refractivity contribution < 1.29 is 14.6 Å². The molecule has 0 saturated heterocycles. The van der Waals surface area contributed by atoms with Gasteiger partial charge < -0.3 is 9.84 Å². The topological polar surface area (TPSA) is 46.5 Å². The van der Waals surface area contributed by atoms with Crippen LogP contribution >= 0.6 is 0 Å². The largest absolute Gasteiger partial charge is 0.494 e. The van der Waals surface area contributed by atoms with E-state index in [1.807, 2.05) is 30.3 Å². The number of rotatable bonds is 10.